The third-order valence-corrected chi connectivity index (χ3v) is 13.7. The van der Waals surface area contributed by atoms with Crippen molar-refractivity contribution < 1.29 is 24.5 Å². The van der Waals surface area contributed by atoms with Crippen molar-refractivity contribution >= 4 is 11.9 Å². The lowest BCUT2D eigenvalue weighted by molar-refractivity contribution is -0.151. The molecule has 0 fully saturated rings. The fourth-order valence-corrected chi connectivity index (χ4v) is 9.17. The Kier molecular flexibility index (Phi) is 53.4. The summed E-state index contributed by atoms with van der Waals surface area (Å²) >= 11 is 0. The number of carbonyl (C=O) groups excluding carboxylic acids is 2. The number of aliphatic hydroxyl groups excluding tert-OH is 2. The molecule has 3 atom stereocenters. The molecule has 0 spiro atoms. The van der Waals surface area contributed by atoms with E-state index in [1.54, 1.807) is 0 Å². The highest BCUT2D eigenvalue weighted by atomic mass is 16.5. The van der Waals surface area contributed by atoms with E-state index in [1.807, 2.05) is 0 Å². The number of aliphatic hydroxyl groups is 2. The summed E-state index contributed by atoms with van der Waals surface area (Å²) < 4.78 is 5.94. The molecule has 0 heterocycles. The summed E-state index contributed by atoms with van der Waals surface area (Å²) in [5.74, 6) is -0.493. The van der Waals surface area contributed by atoms with Crippen LogP contribution in [0.1, 0.15) is 316 Å². The molecule has 0 aliphatic heterocycles. The number of hydrogen-bond donors (Lipinski definition) is 3. The van der Waals surface area contributed by atoms with Gasteiger partial charge in [0.1, 0.15) is 6.10 Å². The minimum atomic E-state index is -0.794. The van der Waals surface area contributed by atoms with Gasteiger partial charge in [-0.3, -0.25) is 9.59 Å². The van der Waals surface area contributed by atoms with Crippen LogP contribution in [0.2, 0.25) is 0 Å². The van der Waals surface area contributed by atoms with Crippen molar-refractivity contribution in [2.24, 2.45) is 0 Å². The number of ether oxygens (including phenoxy) is 1. The molecular formula is C61H115NO5. The maximum absolute atomic E-state index is 13.3. The molecule has 6 heteroatoms. The predicted octanol–water partition coefficient (Wildman–Crippen LogP) is 18.4. The molecule has 67 heavy (non-hydrogen) atoms. The summed E-state index contributed by atoms with van der Waals surface area (Å²) in [5, 5.41) is 23.9. The summed E-state index contributed by atoms with van der Waals surface area (Å²) in [6, 6.07) is -0.709. The highest BCUT2D eigenvalue weighted by molar-refractivity contribution is 5.77. The molecule has 0 aliphatic rings. The van der Waals surface area contributed by atoms with Crippen molar-refractivity contribution in [3.05, 3.63) is 36.5 Å². The summed E-state index contributed by atoms with van der Waals surface area (Å²) in [5.41, 5.74) is 0. The second-order valence-corrected chi connectivity index (χ2v) is 20.4. The van der Waals surface area contributed by atoms with Crippen molar-refractivity contribution in [1.29, 1.82) is 0 Å². The van der Waals surface area contributed by atoms with Crippen LogP contribution in [0.3, 0.4) is 0 Å². The van der Waals surface area contributed by atoms with Gasteiger partial charge in [0.15, 0.2) is 0 Å². The van der Waals surface area contributed by atoms with Gasteiger partial charge in [0, 0.05) is 6.42 Å². The number of hydrogen-bond acceptors (Lipinski definition) is 5. The lowest BCUT2D eigenvalue weighted by atomic mass is 10.0. The molecule has 3 N–H and O–H groups in total. The number of rotatable bonds is 54. The first-order valence-electron chi connectivity index (χ1n) is 29.7. The van der Waals surface area contributed by atoms with Crippen LogP contribution in [-0.4, -0.2) is 46.9 Å². The van der Waals surface area contributed by atoms with Gasteiger partial charge in [-0.2, -0.15) is 0 Å². The monoisotopic (exact) mass is 942 g/mol. The Hall–Kier alpha value is -1.92. The fourth-order valence-electron chi connectivity index (χ4n) is 9.17. The normalized spacial score (nSPS) is 13.3. The molecule has 1 amide bonds. The topological polar surface area (TPSA) is 95.9 Å². The van der Waals surface area contributed by atoms with E-state index in [4.69, 9.17) is 4.74 Å². The number of carbonyl (C=O) groups is 2. The van der Waals surface area contributed by atoms with E-state index in [-0.39, 0.29) is 24.9 Å². The van der Waals surface area contributed by atoms with Crippen molar-refractivity contribution in [2.75, 3.05) is 6.61 Å². The van der Waals surface area contributed by atoms with Crippen LogP contribution in [-0.2, 0) is 14.3 Å². The molecular weight excluding hydrogens is 827 g/mol. The number of amides is 1. The lowest BCUT2D eigenvalue weighted by Crippen LogP contribution is -2.46. The quantitative estimate of drug-likeness (QED) is 0.0321. The van der Waals surface area contributed by atoms with Crippen LogP contribution in [0.25, 0.3) is 0 Å². The molecule has 3 unspecified atom stereocenters. The Bertz CT molecular complexity index is 1100. The summed E-state index contributed by atoms with van der Waals surface area (Å²) in [7, 11) is 0. The fraction of sp³-hybridized carbons (Fsp3) is 0.869. The molecule has 0 aromatic carbocycles. The van der Waals surface area contributed by atoms with Crippen LogP contribution in [0.4, 0.5) is 0 Å². The standard InChI is InChI=1S/C61H115NO5/c1-4-7-10-13-16-19-22-25-27-29-30-32-34-36-39-42-45-48-51-54-61(66)67-57(52-49-46-43-40-37-24-21-18-15-12-9-6-3)55-60(65)62-58(56-63)59(64)53-50-47-44-41-38-35-33-31-28-26-23-20-17-14-11-8-5-2/h16,19,25,27,40,43,57-59,63-64H,4-15,17-18,20-24,26,28-39,41-42,44-56H2,1-3H3,(H,62,65)/b19-16-,27-25-,43-40-. The first-order valence-corrected chi connectivity index (χ1v) is 29.7. The number of nitrogens with one attached hydrogen (secondary N) is 1. The van der Waals surface area contributed by atoms with E-state index in [0.29, 0.717) is 19.3 Å². The molecule has 0 rings (SSSR count). The van der Waals surface area contributed by atoms with Gasteiger partial charge < -0.3 is 20.3 Å². The second kappa shape index (κ2) is 55.0. The molecule has 0 saturated heterocycles. The van der Waals surface area contributed by atoms with Gasteiger partial charge in [-0.1, -0.05) is 263 Å². The molecule has 0 aliphatic carbocycles. The Morgan fingerprint density at radius 2 is 0.776 bits per heavy atom. The van der Waals surface area contributed by atoms with Gasteiger partial charge in [-0.15, -0.1) is 0 Å². The molecule has 0 bridgehead atoms. The van der Waals surface area contributed by atoms with E-state index in [1.165, 1.54) is 212 Å². The van der Waals surface area contributed by atoms with Gasteiger partial charge in [0.05, 0.1) is 25.2 Å². The smallest absolute Gasteiger partial charge is 0.306 e. The van der Waals surface area contributed by atoms with Gasteiger partial charge in [0.25, 0.3) is 0 Å². The van der Waals surface area contributed by atoms with Crippen LogP contribution < -0.4 is 5.32 Å². The zero-order valence-corrected chi connectivity index (χ0v) is 45.0. The molecule has 0 saturated carbocycles. The van der Waals surface area contributed by atoms with E-state index < -0.39 is 18.2 Å². The predicted molar refractivity (Wildman–Crippen MR) is 292 cm³/mol. The molecule has 6 nitrogen and oxygen atoms in total. The Morgan fingerprint density at radius 1 is 0.433 bits per heavy atom. The lowest BCUT2D eigenvalue weighted by Gasteiger charge is -2.24. The highest BCUT2D eigenvalue weighted by Crippen LogP contribution is 2.18. The third kappa shape index (κ3) is 50.3. The maximum atomic E-state index is 13.3. The number of allylic oxidation sites excluding steroid dienone is 6. The molecule has 0 radical (unpaired) electrons. The number of unbranched alkanes of at least 4 members (excludes halogenated alkanes) is 36. The molecule has 0 aromatic heterocycles. The zero-order chi connectivity index (χ0) is 48.8. The molecule has 394 valence electrons. The van der Waals surface area contributed by atoms with Crippen LogP contribution >= 0.6 is 0 Å². The van der Waals surface area contributed by atoms with Gasteiger partial charge >= 0.3 is 5.97 Å². The summed E-state index contributed by atoms with van der Waals surface area (Å²) in [4.78, 5) is 26.3. The Balaban J connectivity index is 4.47. The van der Waals surface area contributed by atoms with Crippen LogP contribution in [0.15, 0.2) is 36.5 Å². The average Bonchev–Trinajstić information content (AvgIpc) is 3.32. The summed E-state index contributed by atoms with van der Waals surface area (Å²) in [6.07, 6.45) is 66.5. The van der Waals surface area contributed by atoms with Crippen molar-refractivity contribution in [3.63, 3.8) is 0 Å². The van der Waals surface area contributed by atoms with E-state index in [0.717, 1.165) is 57.8 Å². The third-order valence-electron chi connectivity index (χ3n) is 13.7. The summed E-state index contributed by atoms with van der Waals surface area (Å²) in [6.45, 7) is 6.48. The van der Waals surface area contributed by atoms with Crippen LogP contribution in [0.5, 0.6) is 0 Å². The number of esters is 1. The SMILES string of the molecule is CCCCC/C=C\C/C=C\CCCCCCCCCCCC(=O)OC(CCC/C=C\CCCCCCCCC)CC(=O)NC(CO)C(O)CCCCCCCCCCCCCCCCCCC. The second-order valence-electron chi connectivity index (χ2n) is 20.4. The van der Waals surface area contributed by atoms with Crippen molar-refractivity contribution in [2.45, 2.75) is 334 Å². The van der Waals surface area contributed by atoms with Crippen molar-refractivity contribution in [1.82, 2.24) is 5.32 Å². The van der Waals surface area contributed by atoms with Crippen molar-refractivity contribution in [3.8, 4) is 0 Å². The minimum Gasteiger partial charge on any atom is -0.462 e. The first-order chi connectivity index (χ1) is 33.0. The average molecular weight is 943 g/mol. The Labute approximate surface area is 417 Å². The zero-order valence-electron chi connectivity index (χ0n) is 45.0. The van der Waals surface area contributed by atoms with E-state index >= 15 is 0 Å². The van der Waals surface area contributed by atoms with Crippen LogP contribution in [0, 0.1) is 0 Å². The Morgan fingerprint density at radius 3 is 1.21 bits per heavy atom. The largest absolute Gasteiger partial charge is 0.462 e. The highest BCUT2D eigenvalue weighted by Gasteiger charge is 2.24. The maximum Gasteiger partial charge on any atom is 0.306 e. The minimum absolute atomic E-state index is 0.0582. The van der Waals surface area contributed by atoms with Gasteiger partial charge in [-0.25, -0.2) is 0 Å². The first kappa shape index (κ1) is 65.1. The van der Waals surface area contributed by atoms with Gasteiger partial charge in [0.2, 0.25) is 5.91 Å². The molecule has 0 aromatic rings. The van der Waals surface area contributed by atoms with Gasteiger partial charge in [-0.05, 0) is 77.0 Å². The van der Waals surface area contributed by atoms with E-state index in [9.17, 15) is 19.8 Å². The van der Waals surface area contributed by atoms with E-state index in [2.05, 4.69) is 62.5 Å².